The van der Waals surface area contributed by atoms with Crippen LogP contribution in [0.25, 0.3) is 0 Å². The summed E-state index contributed by atoms with van der Waals surface area (Å²) in [5.74, 6) is -1.66. The van der Waals surface area contributed by atoms with Crippen LogP contribution < -0.4 is 0 Å². The van der Waals surface area contributed by atoms with Crippen molar-refractivity contribution in [2.45, 2.75) is 6.42 Å². The molecule has 1 aromatic carbocycles. The van der Waals surface area contributed by atoms with Gasteiger partial charge >= 0.3 is 5.97 Å². The minimum absolute atomic E-state index is 0.102. The van der Waals surface area contributed by atoms with Crippen LogP contribution in [0, 0.1) is 0 Å². The zero-order valence-corrected chi connectivity index (χ0v) is 12.5. The van der Waals surface area contributed by atoms with Gasteiger partial charge < -0.3 is 10.0 Å². The van der Waals surface area contributed by atoms with E-state index in [2.05, 4.69) is 15.9 Å². The molecule has 0 aromatic heterocycles. The highest BCUT2D eigenvalue weighted by Gasteiger charge is 2.08. The summed E-state index contributed by atoms with van der Waals surface area (Å²) in [6, 6.07) is 6.77. The fraction of sp³-hybridized carbons (Fsp3) is 0.214. The molecule has 1 rings (SSSR count). The molecule has 0 radical (unpaired) electrons. The fourth-order valence-electron chi connectivity index (χ4n) is 1.36. The van der Waals surface area contributed by atoms with Crippen LogP contribution in [0.15, 0.2) is 40.9 Å². The maximum atomic E-state index is 11.8. The Kier molecular flexibility index (Phi) is 6.11. The number of aliphatic carboxylic acids is 1. The number of hydrogen-bond acceptors (Lipinski definition) is 3. The largest absolute Gasteiger partial charge is 0.481 e. The monoisotopic (exact) mass is 339 g/mol. The number of carboxylic acids is 1. The molecular formula is C14H14BrNO4. The predicted octanol–water partition coefficient (Wildman–Crippen LogP) is 2.12. The third-order valence-corrected chi connectivity index (χ3v) is 3.07. The standard InChI is InChI=1S/C14H14BrNO4/c1-16(9-8-14(19)20)13(18)7-6-12(17)10-2-4-11(15)5-3-10/h2-7H,8-9H2,1H3,(H,19,20)/b7-6+. The number of carboxylic acid groups (broad SMARTS) is 1. The Morgan fingerprint density at radius 3 is 2.35 bits per heavy atom. The Morgan fingerprint density at radius 1 is 1.20 bits per heavy atom. The van der Waals surface area contributed by atoms with E-state index in [1.165, 1.54) is 18.0 Å². The molecule has 1 N–H and O–H groups in total. The topological polar surface area (TPSA) is 74.7 Å². The number of carbonyl (C=O) groups excluding carboxylic acids is 2. The van der Waals surface area contributed by atoms with Gasteiger partial charge in [-0.1, -0.05) is 15.9 Å². The third-order valence-electron chi connectivity index (χ3n) is 2.54. The van der Waals surface area contributed by atoms with E-state index < -0.39 is 11.9 Å². The molecule has 0 aliphatic rings. The van der Waals surface area contributed by atoms with E-state index in [1.807, 2.05) is 0 Å². The number of hydrogen-bond donors (Lipinski definition) is 1. The summed E-state index contributed by atoms with van der Waals surface area (Å²) in [6.45, 7) is 0.102. The second-order valence-electron chi connectivity index (χ2n) is 4.11. The predicted molar refractivity (Wildman–Crippen MR) is 77.5 cm³/mol. The first-order chi connectivity index (χ1) is 9.40. The lowest BCUT2D eigenvalue weighted by Gasteiger charge is -2.12. The van der Waals surface area contributed by atoms with Gasteiger partial charge in [0.05, 0.1) is 6.42 Å². The van der Waals surface area contributed by atoms with E-state index in [9.17, 15) is 14.4 Å². The van der Waals surface area contributed by atoms with Gasteiger partial charge in [0.25, 0.3) is 0 Å². The number of carbonyl (C=O) groups is 3. The molecule has 0 heterocycles. The highest BCUT2D eigenvalue weighted by atomic mass is 79.9. The van der Waals surface area contributed by atoms with Gasteiger partial charge in [-0.05, 0) is 30.3 Å². The van der Waals surface area contributed by atoms with E-state index in [-0.39, 0.29) is 18.7 Å². The molecule has 20 heavy (non-hydrogen) atoms. The van der Waals surface area contributed by atoms with E-state index in [4.69, 9.17) is 5.11 Å². The average molecular weight is 340 g/mol. The summed E-state index contributed by atoms with van der Waals surface area (Å²) in [5.41, 5.74) is 0.477. The summed E-state index contributed by atoms with van der Waals surface area (Å²) in [5, 5.41) is 8.52. The van der Waals surface area contributed by atoms with Gasteiger partial charge in [-0.25, -0.2) is 0 Å². The Bertz CT molecular complexity index is 537. The molecule has 0 fully saturated rings. The van der Waals surface area contributed by atoms with Crippen molar-refractivity contribution in [2.75, 3.05) is 13.6 Å². The molecule has 0 atom stereocenters. The van der Waals surface area contributed by atoms with Gasteiger partial charge in [-0.3, -0.25) is 14.4 Å². The highest BCUT2D eigenvalue weighted by molar-refractivity contribution is 9.10. The van der Waals surface area contributed by atoms with Gasteiger partial charge in [0, 0.05) is 29.7 Å². The summed E-state index contributed by atoms with van der Waals surface area (Å²) in [4.78, 5) is 35.1. The lowest BCUT2D eigenvalue weighted by atomic mass is 10.1. The van der Waals surface area contributed by atoms with Crippen LogP contribution in [0.1, 0.15) is 16.8 Å². The number of rotatable bonds is 6. The van der Waals surface area contributed by atoms with Crippen LogP contribution in [-0.2, 0) is 9.59 Å². The SMILES string of the molecule is CN(CCC(=O)O)C(=O)/C=C/C(=O)c1ccc(Br)cc1. The fourth-order valence-corrected chi connectivity index (χ4v) is 1.62. The van der Waals surface area contributed by atoms with Crippen molar-refractivity contribution in [3.05, 3.63) is 46.5 Å². The molecule has 0 saturated heterocycles. The number of nitrogens with zero attached hydrogens (tertiary/aromatic N) is 1. The van der Waals surface area contributed by atoms with Gasteiger partial charge in [0.2, 0.25) is 5.91 Å². The second-order valence-corrected chi connectivity index (χ2v) is 5.02. The smallest absolute Gasteiger partial charge is 0.305 e. The Morgan fingerprint density at radius 2 is 1.80 bits per heavy atom. The number of halogens is 1. The molecule has 1 amide bonds. The summed E-state index contributed by atoms with van der Waals surface area (Å²) in [6.07, 6.45) is 2.20. The maximum absolute atomic E-state index is 11.8. The third kappa shape index (κ3) is 5.36. The summed E-state index contributed by atoms with van der Waals surface area (Å²) < 4.78 is 0.863. The zero-order valence-electron chi connectivity index (χ0n) is 10.9. The normalized spacial score (nSPS) is 10.5. The van der Waals surface area contributed by atoms with Crippen molar-refractivity contribution in [3.63, 3.8) is 0 Å². The lowest BCUT2D eigenvalue weighted by molar-refractivity contribution is -0.137. The van der Waals surface area contributed by atoms with Crippen molar-refractivity contribution >= 4 is 33.6 Å². The molecule has 6 heteroatoms. The molecule has 0 spiro atoms. The first-order valence-corrected chi connectivity index (χ1v) is 6.64. The summed E-state index contributed by atoms with van der Waals surface area (Å²) >= 11 is 3.27. The lowest BCUT2D eigenvalue weighted by Crippen LogP contribution is -2.27. The average Bonchev–Trinajstić information content (AvgIpc) is 2.42. The molecular weight excluding hydrogens is 326 g/mol. The van der Waals surface area contributed by atoms with Crippen LogP contribution in [0.5, 0.6) is 0 Å². The number of ketones is 1. The number of allylic oxidation sites excluding steroid dienone is 1. The Hall–Kier alpha value is -1.95. The molecule has 0 aliphatic heterocycles. The quantitative estimate of drug-likeness (QED) is 0.636. The maximum Gasteiger partial charge on any atom is 0.305 e. The number of amides is 1. The number of benzene rings is 1. The molecule has 5 nitrogen and oxygen atoms in total. The zero-order chi connectivity index (χ0) is 15.1. The van der Waals surface area contributed by atoms with E-state index in [0.717, 1.165) is 10.5 Å². The van der Waals surface area contributed by atoms with Gasteiger partial charge in [-0.15, -0.1) is 0 Å². The molecule has 1 aromatic rings. The van der Waals surface area contributed by atoms with Crippen LogP contribution in [-0.4, -0.2) is 41.3 Å². The van der Waals surface area contributed by atoms with Crippen LogP contribution in [0.3, 0.4) is 0 Å². The minimum Gasteiger partial charge on any atom is -0.481 e. The Balaban J connectivity index is 2.58. The van der Waals surface area contributed by atoms with Gasteiger partial charge in [-0.2, -0.15) is 0 Å². The van der Waals surface area contributed by atoms with Gasteiger partial charge in [0.1, 0.15) is 0 Å². The van der Waals surface area contributed by atoms with Crippen LogP contribution in [0.4, 0.5) is 0 Å². The minimum atomic E-state index is -0.973. The van der Waals surface area contributed by atoms with Crippen molar-refractivity contribution in [1.82, 2.24) is 4.90 Å². The number of likely N-dealkylation sites (N-methyl/N-ethyl adjacent to an activating group) is 1. The van der Waals surface area contributed by atoms with Gasteiger partial charge in [0.15, 0.2) is 5.78 Å². The van der Waals surface area contributed by atoms with E-state index in [1.54, 1.807) is 24.3 Å². The first-order valence-electron chi connectivity index (χ1n) is 5.85. The second kappa shape index (κ2) is 7.59. The van der Waals surface area contributed by atoms with E-state index >= 15 is 0 Å². The highest BCUT2D eigenvalue weighted by Crippen LogP contribution is 2.11. The van der Waals surface area contributed by atoms with Crippen molar-refractivity contribution in [1.29, 1.82) is 0 Å². The Labute approximate surface area is 125 Å². The molecule has 0 aliphatic carbocycles. The summed E-state index contributed by atoms with van der Waals surface area (Å²) in [7, 11) is 1.49. The van der Waals surface area contributed by atoms with Crippen molar-refractivity contribution in [2.24, 2.45) is 0 Å². The molecule has 106 valence electrons. The molecule has 0 unspecified atom stereocenters. The molecule has 0 saturated carbocycles. The first kappa shape index (κ1) is 16.1. The van der Waals surface area contributed by atoms with Crippen molar-refractivity contribution in [3.8, 4) is 0 Å². The van der Waals surface area contributed by atoms with Crippen molar-refractivity contribution < 1.29 is 19.5 Å². The van der Waals surface area contributed by atoms with Crippen LogP contribution >= 0.6 is 15.9 Å². The van der Waals surface area contributed by atoms with E-state index in [0.29, 0.717) is 5.56 Å². The molecule has 0 bridgehead atoms. The van der Waals surface area contributed by atoms with Crippen LogP contribution in [0.2, 0.25) is 0 Å².